The average molecular weight is 649 g/mol. The molecular formula is C30H27F3N2O11. The van der Waals surface area contributed by atoms with Gasteiger partial charge in [-0.2, -0.15) is 13.2 Å². The van der Waals surface area contributed by atoms with Crippen molar-refractivity contribution in [1.82, 2.24) is 10.4 Å². The number of halogens is 3. The molecule has 3 aromatic carbocycles. The molecule has 1 fully saturated rings. The SMILES string of the molecule is O.O=C(NC1CN(OC(=O)C(F)(F)F)CCCC1OC(=O)c1ccc(C(=O)c2c(O)cccc2C(=O)O)cc1)c1ccc(O)cc1. The molecular weight excluding hydrogens is 621 g/mol. The normalized spacial score (nSPS) is 16.7. The van der Waals surface area contributed by atoms with Crippen LogP contribution in [0.4, 0.5) is 13.2 Å². The van der Waals surface area contributed by atoms with Crippen LogP contribution in [0.25, 0.3) is 0 Å². The number of phenolic OH excluding ortho intramolecular Hbond substituents is 2. The van der Waals surface area contributed by atoms with Crippen LogP contribution in [-0.2, 0) is 14.4 Å². The van der Waals surface area contributed by atoms with E-state index in [0.717, 1.165) is 17.2 Å². The number of carboxylic acids is 1. The molecule has 0 aromatic heterocycles. The van der Waals surface area contributed by atoms with Gasteiger partial charge in [0.25, 0.3) is 5.91 Å². The fourth-order valence-corrected chi connectivity index (χ4v) is 4.56. The lowest BCUT2D eigenvalue weighted by atomic mass is 9.96. The number of hydrogen-bond acceptors (Lipinski definition) is 10. The van der Waals surface area contributed by atoms with Crippen LogP contribution < -0.4 is 5.32 Å². The van der Waals surface area contributed by atoms with Gasteiger partial charge in [-0.05, 0) is 61.4 Å². The summed E-state index contributed by atoms with van der Waals surface area (Å²) in [7, 11) is 0. The number of carbonyl (C=O) groups excluding carboxylic acids is 4. The molecule has 16 heteroatoms. The first-order valence-electron chi connectivity index (χ1n) is 13.3. The number of nitrogens with one attached hydrogen (secondary N) is 1. The summed E-state index contributed by atoms with van der Waals surface area (Å²) >= 11 is 0. The molecule has 2 unspecified atom stereocenters. The molecule has 1 amide bonds. The van der Waals surface area contributed by atoms with Gasteiger partial charge in [-0.3, -0.25) is 9.59 Å². The fraction of sp³-hybridized carbons (Fsp3) is 0.233. The van der Waals surface area contributed by atoms with E-state index in [0.29, 0.717) is 0 Å². The summed E-state index contributed by atoms with van der Waals surface area (Å²) in [5.41, 5.74) is -0.896. The number of nitrogens with zero attached hydrogens (tertiary/aromatic N) is 1. The molecule has 1 aliphatic heterocycles. The summed E-state index contributed by atoms with van der Waals surface area (Å²) in [6.45, 7) is -0.633. The number of benzene rings is 3. The zero-order valence-electron chi connectivity index (χ0n) is 23.6. The predicted octanol–water partition coefficient (Wildman–Crippen LogP) is 2.64. The average Bonchev–Trinajstić information content (AvgIpc) is 3.17. The number of carbonyl (C=O) groups is 5. The van der Waals surface area contributed by atoms with Crippen LogP contribution in [0.5, 0.6) is 11.5 Å². The van der Waals surface area contributed by atoms with Crippen molar-refractivity contribution in [2.75, 3.05) is 13.1 Å². The third kappa shape index (κ3) is 8.36. The first-order chi connectivity index (χ1) is 21.2. The van der Waals surface area contributed by atoms with Gasteiger partial charge in [0.05, 0.1) is 29.3 Å². The molecule has 4 rings (SSSR count). The van der Waals surface area contributed by atoms with E-state index >= 15 is 0 Å². The van der Waals surface area contributed by atoms with Gasteiger partial charge in [-0.15, -0.1) is 5.06 Å². The van der Waals surface area contributed by atoms with E-state index in [1.54, 1.807) is 0 Å². The lowest BCUT2D eigenvalue weighted by Gasteiger charge is -2.28. The molecule has 244 valence electrons. The number of aromatic carboxylic acids is 1. The highest BCUT2D eigenvalue weighted by Gasteiger charge is 2.43. The fourth-order valence-electron chi connectivity index (χ4n) is 4.56. The first-order valence-corrected chi connectivity index (χ1v) is 13.3. The molecule has 0 bridgehead atoms. The van der Waals surface area contributed by atoms with Crippen molar-refractivity contribution in [2.45, 2.75) is 31.2 Å². The van der Waals surface area contributed by atoms with E-state index in [-0.39, 0.29) is 47.3 Å². The Labute approximate surface area is 258 Å². The standard InChI is InChI=1S/C30H25F3N2O10.H2O/c31-30(32,33)29(43)45-35-14-2-5-23(21(15-35)34-26(39)17-10-12-19(36)13-11-17)44-28(42)18-8-6-16(7-9-18)25(38)24-20(27(40)41)3-1-4-22(24)37;/h1,3-4,6-13,21,23,36-37H,2,5,14-15H2,(H,34,39)(H,40,41);1H2. The number of hydroxylamine groups is 2. The molecule has 0 aliphatic carbocycles. The topological polar surface area (TPSA) is 211 Å². The first kappa shape index (κ1) is 35.0. The van der Waals surface area contributed by atoms with Gasteiger partial charge >= 0.3 is 24.1 Å². The minimum Gasteiger partial charge on any atom is -0.508 e. The number of phenols is 2. The summed E-state index contributed by atoms with van der Waals surface area (Å²) in [4.78, 5) is 66.4. The number of ether oxygens (including phenoxy) is 1. The zero-order chi connectivity index (χ0) is 32.9. The number of rotatable bonds is 8. The van der Waals surface area contributed by atoms with Crippen molar-refractivity contribution in [3.63, 3.8) is 0 Å². The Balaban J connectivity index is 0.00000576. The number of aromatic hydroxyl groups is 2. The maximum absolute atomic E-state index is 13.1. The Hall–Kier alpha value is -5.48. The van der Waals surface area contributed by atoms with Gasteiger partial charge in [-0.25, -0.2) is 14.4 Å². The number of ketones is 1. The maximum atomic E-state index is 13.1. The number of carboxylic acid groups (broad SMARTS) is 1. The lowest BCUT2D eigenvalue weighted by molar-refractivity contribution is -0.239. The van der Waals surface area contributed by atoms with Gasteiger partial charge in [0.15, 0.2) is 5.78 Å². The van der Waals surface area contributed by atoms with Crippen molar-refractivity contribution in [3.8, 4) is 11.5 Å². The highest BCUT2D eigenvalue weighted by atomic mass is 19.4. The molecule has 2 atom stereocenters. The summed E-state index contributed by atoms with van der Waals surface area (Å²) in [6, 6.07) is 12.3. The molecule has 1 heterocycles. The van der Waals surface area contributed by atoms with Crippen molar-refractivity contribution in [3.05, 3.63) is 94.5 Å². The summed E-state index contributed by atoms with van der Waals surface area (Å²) in [5.74, 6) is -7.01. The number of esters is 1. The Morgan fingerprint density at radius 1 is 0.870 bits per heavy atom. The Bertz CT molecular complexity index is 1610. The molecule has 3 aromatic rings. The van der Waals surface area contributed by atoms with Crippen LogP contribution in [0.1, 0.15) is 59.8 Å². The van der Waals surface area contributed by atoms with Crippen LogP contribution in [0, 0.1) is 0 Å². The van der Waals surface area contributed by atoms with Gasteiger partial charge in [-0.1, -0.05) is 18.2 Å². The molecule has 0 spiro atoms. The van der Waals surface area contributed by atoms with E-state index in [1.807, 2.05) is 0 Å². The number of hydrogen-bond donors (Lipinski definition) is 4. The van der Waals surface area contributed by atoms with Crippen molar-refractivity contribution < 1.29 is 67.5 Å². The van der Waals surface area contributed by atoms with Crippen LogP contribution in [0.15, 0.2) is 66.7 Å². The summed E-state index contributed by atoms with van der Waals surface area (Å²) in [6.07, 6.45) is -6.22. The second-order valence-corrected chi connectivity index (χ2v) is 9.89. The molecule has 0 saturated carbocycles. The lowest BCUT2D eigenvalue weighted by Crippen LogP contribution is -2.50. The number of alkyl halides is 3. The monoisotopic (exact) mass is 648 g/mol. The largest absolute Gasteiger partial charge is 0.508 e. The second-order valence-electron chi connectivity index (χ2n) is 9.89. The molecule has 0 radical (unpaired) electrons. The smallest absolute Gasteiger partial charge is 0.492 e. The molecule has 1 aliphatic rings. The van der Waals surface area contributed by atoms with Gasteiger partial charge in [0.1, 0.15) is 17.6 Å². The van der Waals surface area contributed by atoms with Crippen LogP contribution in [0.2, 0.25) is 0 Å². The minimum atomic E-state index is -5.27. The molecule has 1 saturated heterocycles. The molecule has 6 N–H and O–H groups in total. The van der Waals surface area contributed by atoms with Gasteiger partial charge < -0.3 is 35.7 Å². The highest BCUT2D eigenvalue weighted by Crippen LogP contribution is 2.26. The Kier molecular flexibility index (Phi) is 11.1. The maximum Gasteiger partial charge on any atom is 0.492 e. The third-order valence-electron chi connectivity index (χ3n) is 6.78. The van der Waals surface area contributed by atoms with E-state index < -0.39 is 71.3 Å². The predicted molar refractivity (Wildman–Crippen MR) is 150 cm³/mol. The van der Waals surface area contributed by atoms with E-state index in [2.05, 4.69) is 10.2 Å². The van der Waals surface area contributed by atoms with E-state index in [9.17, 15) is 52.5 Å². The van der Waals surface area contributed by atoms with Crippen LogP contribution in [0.3, 0.4) is 0 Å². The molecule has 13 nitrogen and oxygen atoms in total. The van der Waals surface area contributed by atoms with Gasteiger partial charge in [0, 0.05) is 17.7 Å². The molecule has 46 heavy (non-hydrogen) atoms. The Morgan fingerprint density at radius 3 is 2.09 bits per heavy atom. The number of amides is 1. The van der Waals surface area contributed by atoms with Crippen molar-refractivity contribution in [1.29, 1.82) is 0 Å². The van der Waals surface area contributed by atoms with E-state index in [1.165, 1.54) is 54.6 Å². The quantitative estimate of drug-likeness (QED) is 0.206. The van der Waals surface area contributed by atoms with Crippen molar-refractivity contribution in [2.24, 2.45) is 0 Å². The second kappa shape index (κ2) is 14.5. The summed E-state index contributed by atoms with van der Waals surface area (Å²) in [5, 5.41) is 32.3. The van der Waals surface area contributed by atoms with Crippen LogP contribution >= 0.6 is 0 Å². The van der Waals surface area contributed by atoms with Crippen molar-refractivity contribution >= 4 is 29.6 Å². The van der Waals surface area contributed by atoms with E-state index in [4.69, 9.17) is 4.74 Å². The summed E-state index contributed by atoms with van der Waals surface area (Å²) < 4.78 is 44.1. The highest BCUT2D eigenvalue weighted by molar-refractivity contribution is 6.16. The van der Waals surface area contributed by atoms with Gasteiger partial charge in [0.2, 0.25) is 0 Å². The Morgan fingerprint density at radius 2 is 1.48 bits per heavy atom. The minimum absolute atomic E-state index is 0. The third-order valence-corrected chi connectivity index (χ3v) is 6.78. The zero-order valence-corrected chi connectivity index (χ0v) is 23.6. The van der Waals surface area contributed by atoms with Crippen LogP contribution in [-0.4, -0.2) is 86.9 Å².